The van der Waals surface area contributed by atoms with E-state index >= 15 is 0 Å². The molecule has 0 aromatic heterocycles. The first-order valence-electron chi connectivity index (χ1n) is 7.06. The largest absolute Gasteiger partial charge is 0.508 e. The molecule has 0 spiro atoms. The van der Waals surface area contributed by atoms with E-state index in [2.05, 4.69) is 0 Å². The summed E-state index contributed by atoms with van der Waals surface area (Å²) in [7, 11) is 0. The monoisotopic (exact) mass is 364 g/mol. The molecule has 0 aliphatic heterocycles. The molecule has 0 amide bonds. The van der Waals surface area contributed by atoms with Gasteiger partial charge in [0.2, 0.25) is 5.41 Å². The van der Waals surface area contributed by atoms with Crippen molar-refractivity contribution in [3.05, 3.63) is 58.7 Å². The van der Waals surface area contributed by atoms with Gasteiger partial charge in [-0.05, 0) is 48.2 Å². The van der Waals surface area contributed by atoms with Crippen LogP contribution in [0, 0.1) is 13.8 Å². The van der Waals surface area contributed by atoms with Gasteiger partial charge < -0.3 is 10.2 Å². The third-order valence-electron chi connectivity index (χ3n) is 4.13. The van der Waals surface area contributed by atoms with Gasteiger partial charge in [0.1, 0.15) is 11.5 Å². The maximum Gasteiger partial charge on any atom is 0.411 e. The topological polar surface area (TPSA) is 40.5 Å². The van der Waals surface area contributed by atoms with Crippen LogP contribution in [-0.4, -0.2) is 22.6 Å². The number of aromatic hydroxyl groups is 2. The van der Waals surface area contributed by atoms with Crippen LogP contribution >= 0.6 is 0 Å². The molecule has 8 heteroatoms. The van der Waals surface area contributed by atoms with E-state index in [4.69, 9.17) is 0 Å². The van der Waals surface area contributed by atoms with E-state index < -0.39 is 40.4 Å². The van der Waals surface area contributed by atoms with Gasteiger partial charge in [-0.1, -0.05) is 24.3 Å². The Labute approximate surface area is 139 Å². The summed E-state index contributed by atoms with van der Waals surface area (Å²) in [5.74, 6) is -1.38. The highest BCUT2D eigenvalue weighted by atomic mass is 19.4. The number of phenolic OH excluding ortho intramolecular Hbond substituents is 2. The predicted molar refractivity (Wildman–Crippen MR) is 78.6 cm³/mol. The Kier molecular flexibility index (Phi) is 4.44. The molecule has 136 valence electrons. The minimum absolute atomic E-state index is 0.133. The number of hydrogen-bond donors (Lipinski definition) is 2. The normalized spacial score (nSPS) is 13.1. The first-order chi connectivity index (χ1) is 11.3. The number of halogens is 6. The van der Waals surface area contributed by atoms with Gasteiger partial charge in [-0.3, -0.25) is 0 Å². The molecule has 0 saturated carbocycles. The zero-order chi connectivity index (χ0) is 19.2. The maximum absolute atomic E-state index is 13.8. The van der Waals surface area contributed by atoms with E-state index in [1.54, 1.807) is 0 Å². The van der Waals surface area contributed by atoms with Gasteiger partial charge in [-0.25, -0.2) is 0 Å². The highest BCUT2D eigenvalue weighted by Gasteiger charge is 2.72. The zero-order valence-electron chi connectivity index (χ0n) is 13.1. The van der Waals surface area contributed by atoms with Crippen LogP contribution in [0.2, 0.25) is 0 Å². The molecular weight excluding hydrogens is 350 g/mol. The van der Waals surface area contributed by atoms with Gasteiger partial charge in [0, 0.05) is 0 Å². The summed E-state index contributed by atoms with van der Waals surface area (Å²) in [5.41, 5.74) is -6.49. The van der Waals surface area contributed by atoms with Crippen molar-refractivity contribution < 1.29 is 36.6 Å². The zero-order valence-corrected chi connectivity index (χ0v) is 13.1. The van der Waals surface area contributed by atoms with Crippen molar-refractivity contribution in [1.29, 1.82) is 0 Å². The number of rotatable bonds is 2. The lowest BCUT2D eigenvalue weighted by molar-refractivity contribution is -0.288. The molecule has 0 bridgehead atoms. The van der Waals surface area contributed by atoms with Crippen LogP contribution in [0.3, 0.4) is 0 Å². The fourth-order valence-corrected chi connectivity index (χ4v) is 2.67. The van der Waals surface area contributed by atoms with E-state index in [0.717, 1.165) is 12.1 Å². The third kappa shape index (κ3) is 2.89. The highest BCUT2D eigenvalue weighted by molar-refractivity contribution is 5.51. The Morgan fingerprint density at radius 1 is 0.640 bits per heavy atom. The molecule has 2 N–H and O–H groups in total. The number of benzene rings is 2. The Bertz CT molecular complexity index is 725. The summed E-state index contributed by atoms with van der Waals surface area (Å²) in [6, 6.07) is 4.20. The van der Waals surface area contributed by atoms with E-state index in [1.165, 1.54) is 13.8 Å². The number of phenols is 2. The molecule has 2 rings (SSSR count). The van der Waals surface area contributed by atoms with E-state index in [0.29, 0.717) is 24.3 Å². The summed E-state index contributed by atoms with van der Waals surface area (Å²) in [5, 5.41) is 19.3. The first kappa shape index (κ1) is 19.0. The summed E-state index contributed by atoms with van der Waals surface area (Å²) < 4.78 is 82.9. The van der Waals surface area contributed by atoms with Crippen LogP contribution in [0.15, 0.2) is 36.4 Å². The average Bonchev–Trinajstić information content (AvgIpc) is 2.44. The van der Waals surface area contributed by atoms with Crippen LogP contribution in [0.1, 0.15) is 22.3 Å². The van der Waals surface area contributed by atoms with Crippen molar-refractivity contribution in [2.45, 2.75) is 31.6 Å². The molecule has 0 atom stereocenters. The molecule has 25 heavy (non-hydrogen) atoms. The summed E-state index contributed by atoms with van der Waals surface area (Å²) in [6.07, 6.45) is -11.5. The summed E-state index contributed by atoms with van der Waals surface area (Å²) in [6.45, 7) is 2.69. The van der Waals surface area contributed by atoms with Gasteiger partial charge >= 0.3 is 12.4 Å². The molecule has 0 heterocycles. The van der Waals surface area contributed by atoms with Crippen LogP contribution in [0.5, 0.6) is 11.5 Å². The predicted octanol–water partition coefficient (Wildman–Crippen LogP) is 5.13. The van der Waals surface area contributed by atoms with Crippen molar-refractivity contribution in [1.82, 2.24) is 0 Å². The molecular formula is C17H14F6O2. The maximum atomic E-state index is 13.8. The number of alkyl halides is 6. The van der Waals surface area contributed by atoms with Crippen molar-refractivity contribution in [3.63, 3.8) is 0 Å². The fraction of sp³-hybridized carbons (Fsp3) is 0.294. The van der Waals surface area contributed by atoms with Crippen LogP contribution in [0.25, 0.3) is 0 Å². The SMILES string of the molecule is Cc1ccc(C(c2ccc(C)c(O)c2)(C(F)(F)F)C(F)(F)F)cc1O. The quantitative estimate of drug-likeness (QED) is 0.726. The van der Waals surface area contributed by atoms with Crippen molar-refractivity contribution in [2.24, 2.45) is 0 Å². The van der Waals surface area contributed by atoms with Crippen molar-refractivity contribution in [3.8, 4) is 11.5 Å². The molecule has 2 aromatic carbocycles. The lowest BCUT2D eigenvalue weighted by atomic mass is 9.72. The van der Waals surface area contributed by atoms with Gasteiger partial charge in [0.15, 0.2) is 0 Å². The second kappa shape index (κ2) is 5.86. The average molecular weight is 364 g/mol. The number of aryl methyl sites for hydroxylation is 2. The van der Waals surface area contributed by atoms with E-state index in [-0.39, 0.29) is 11.1 Å². The van der Waals surface area contributed by atoms with E-state index in [9.17, 15) is 36.6 Å². The Morgan fingerprint density at radius 2 is 0.960 bits per heavy atom. The smallest absolute Gasteiger partial charge is 0.411 e. The lowest BCUT2D eigenvalue weighted by Gasteiger charge is -2.38. The van der Waals surface area contributed by atoms with Crippen LogP contribution in [0.4, 0.5) is 26.3 Å². The molecule has 2 aromatic rings. The molecule has 0 unspecified atom stereocenters. The molecule has 0 fully saturated rings. The minimum atomic E-state index is -5.77. The molecule has 0 aliphatic carbocycles. The fourth-order valence-electron chi connectivity index (χ4n) is 2.67. The van der Waals surface area contributed by atoms with Crippen molar-refractivity contribution in [2.75, 3.05) is 0 Å². The Balaban J connectivity index is 2.96. The van der Waals surface area contributed by atoms with Crippen LogP contribution < -0.4 is 0 Å². The molecule has 0 saturated heterocycles. The summed E-state index contributed by atoms with van der Waals surface area (Å²) >= 11 is 0. The third-order valence-corrected chi connectivity index (χ3v) is 4.13. The molecule has 2 nitrogen and oxygen atoms in total. The minimum Gasteiger partial charge on any atom is -0.508 e. The van der Waals surface area contributed by atoms with E-state index in [1.807, 2.05) is 0 Å². The van der Waals surface area contributed by atoms with Gasteiger partial charge in [-0.2, -0.15) is 26.3 Å². The van der Waals surface area contributed by atoms with Gasteiger partial charge in [0.05, 0.1) is 0 Å². The summed E-state index contributed by atoms with van der Waals surface area (Å²) in [4.78, 5) is 0. The molecule has 0 radical (unpaired) electrons. The Hall–Kier alpha value is -2.38. The second-order valence-corrected chi connectivity index (χ2v) is 5.75. The van der Waals surface area contributed by atoms with Gasteiger partial charge in [-0.15, -0.1) is 0 Å². The number of hydrogen-bond acceptors (Lipinski definition) is 2. The van der Waals surface area contributed by atoms with Crippen molar-refractivity contribution >= 4 is 0 Å². The lowest BCUT2D eigenvalue weighted by Crippen LogP contribution is -2.54. The second-order valence-electron chi connectivity index (χ2n) is 5.75. The standard InChI is InChI=1S/C17H14F6O2/c1-9-3-5-11(7-13(9)24)15(16(18,19)20,17(21,22)23)12-6-4-10(2)14(25)8-12/h3-8,24-25H,1-2H3. The van der Waals surface area contributed by atoms with Crippen LogP contribution in [-0.2, 0) is 5.41 Å². The first-order valence-corrected chi connectivity index (χ1v) is 7.06. The Morgan fingerprint density at radius 3 is 1.20 bits per heavy atom. The van der Waals surface area contributed by atoms with Gasteiger partial charge in [0.25, 0.3) is 0 Å². The molecule has 0 aliphatic rings. The highest BCUT2D eigenvalue weighted by Crippen LogP contribution is 2.57.